The molecule has 3 nitrogen and oxygen atoms in total. The van der Waals surface area contributed by atoms with Crippen LogP contribution in [0.5, 0.6) is 0 Å². The molecule has 1 saturated carbocycles. The zero-order valence-electron chi connectivity index (χ0n) is 12.9. The fourth-order valence-electron chi connectivity index (χ4n) is 3.77. The molecule has 0 spiro atoms. The molecule has 0 aromatic rings. The maximum Gasteiger partial charge on any atom is 0.0674 e. The first-order valence-corrected chi connectivity index (χ1v) is 8.29. The lowest BCUT2D eigenvalue weighted by Gasteiger charge is -2.41. The first-order valence-electron chi connectivity index (χ1n) is 8.29. The van der Waals surface area contributed by atoms with E-state index in [1.165, 1.54) is 51.6 Å². The van der Waals surface area contributed by atoms with Crippen LogP contribution in [0.15, 0.2) is 0 Å². The average molecular weight is 268 g/mol. The molecule has 0 radical (unpaired) electrons. The second-order valence-electron chi connectivity index (χ2n) is 6.61. The monoisotopic (exact) mass is 268 g/mol. The summed E-state index contributed by atoms with van der Waals surface area (Å²) in [5, 5.41) is 3.63. The number of rotatable bonds is 5. The summed E-state index contributed by atoms with van der Waals surface area (Å²) in [5.41, 5.74) is 0.517. The molecule has 2 rings (SSSR count). The standard InChI is InChI=1S/C16H32N2O/c1-3-17-13-16(8-6-4-5-7-9-16)14-18-10-11-19-15(2)12-18/h15,17H,3-14H2,1-2H3. The largest absolute Gasteiger partial charge is 0.376 e. The van der Waals surface area contributed by atoms with Crippen LogP contribution in [0.25, 0.3) is 0 Å². The van der Waals surface area contributed by atoms with Crippen LogP contribution in [0, 0.1) is 5.41 Å². The maximum absolute atomic E-state index is 5.68. The fraction of sp³-hybridized carbons (Fsp3) is 1.00. The summed E-state index contributed by atoms with van der Waals surface area (Å²) in [4.78, 5) is 2.65. The zero-order chi connectivity index (χ0) is 13.6. The van der Waals surface area contributed by atoms with Crippen LogP contribution in [-0.2, 0) is 4.74 Å². The van der Waals surface area contributed by atoms with Crippen molar-refractivity contribution in [2.24, 2.45) is 5.41 Å². The molecule has 1 heterocycles. The lowest BCUT2D eigenvalue weighted by atomic mass is 9.79. The van der Waals surface area contributed by atoms with Gasteiger partial charge in [0.2, 0.25) is 0 Å². The van der Waals surface area contributed by atoms with Gasteiger partial charge >= 0.3 is 0 Å². The van der Waals surface area contributed by atoms with Crippen LogP contribution < -0.4 is 5.32 Å². The van der Waals surface area contributed by atoms with E-state index in [1.807, 2.05) is 0 Å². The molecule has 0 aromatic heterocycles. The lowest BCUT2D eigenvalue weighted by molar-refractivity contribution is -0.0342. The predicted octanol–water partition coefficient (Wildman–Crippen LogP) is 2.66. The summed E-state index contributed by atoms with van der Waals surface area (Å²) < 4.78 is 5.68. The van der Waals surface area contributed by atoms with E-state index in [-0.39, 0.29) is 0 Å². The highest BCUT2D eigenvalue weighted by Gasteiger charge is 2.33. The highest BCUT2D eigenvalue weighted by atomic mass is 16.5. The van der Waals surface area contributed by atoms with Gasteiger partial charge in [-0.3, -0.25) is 4.90 Å². The van der Waals surface area contributed by atoms with E-state index in [0.29, 0.717) is 11.5 Å². The van der Waals surface area contributed by atoms with Crippen LogP contribution in [0.3, 0.4) is 0 Å². The van der Waals surface area contributed by atoms with Crippen molar-refractivity contribution in [1.29, 1.82) is 0 Å². The van der Waals surface area contributed by atoms with Gasteiger partial charge in [0, 0.05) is 26.2 Å². The van der Waals surface area contributed by atoms with Crippen molar-refractivity contribution < 1.29 is 4.74 Å². The normalized spacial score (nSPS) is 29.1. The molecular formula is C16H32N2O. The van der Waals surface area contributed by atoms with Gasteiger partial charge in [-0.1, -0.05) is 32.6 Å². The van der Waals surface area contributed by atoms with E-state index in [0.717, 1.165) is 26.2 Å². The molecule has 3 heteroatoms. The molecule has 0 amide bonds. The number of ether oxygens (including phenoxy) is 1. The minimum atomic E-state index is 0.413. The Labute approximate surface area is 119 Å². The summed E-state index contributed by atoms with van der Waals surface area (Å²) in [7, 11) is 0. The Morgan fingerprint density at radius 3 is 2.58 bits per heavy atom. The average Bonchev–Trinajstić information content (AvgIpc) is 2.63. The highest BCUT2D eigenvalue weighted by Crippen LogP contribution is 2.35. The summed E-state index contributed by atoms with van der Waals surface area (Å²) in [6, 6.07) is 0. The Balaban J connectivity index is 1.95. The van der Waals surface area contributed by atoms with Gasteiger partial charge in [-0.05, 0) is 31.7 Å². The molecule has 1 aliphatic heterocycles. The van der Waals surface area contributed by atoms with Crippen molar-refractivity contribution in [2.75, 3.05) is 39.3 Å². The Morgan fingerprint density at radius 2 is 1.95 bits per heavy atom. The molecule has 1 N–H and O–H groups in total. The van der Waals surface area contributed by atoms with Gasteiger partial charge in [0.1, 0.15) is 0 Å². The fourth-order valence-corrected chi connectivity index (χ4v) is 3.77. The third-order valence-corrected chi connectivity index (χ3v) is 4.80. The third-order valence-electron chi connectivity index (χ3n) is 4.80. The molecular weight excluding hydrogens is 236 g/mol. The predicted molar refractivity (Wildman–Crippen MR) is 80.5 cm³/mol. The third kappa shape index (κ3) is 4.73. The summed E-state index contributed by atoms with van der Waals surface area (Å²) >= 11 is 0. The van der Waals surface area contributed by atoms with Gasteiger partial charge in [-0.15, -0.1) is 0 Å². The van der Waals surface area contributed by atoms with Gasteiger partial charge in [0.05, 0.1) is 12.7 Å². The maximum atomic E-state index is 5.68. The molecule has 0 aromatic carbocycles. The number of nitrogens with one attached hydrogen (secondary N) is 1. The van der Waals surface area contributed by atoms with Crippen LogP contribution in [-0.4, -0.2) is 50.3 Å². The SMILES string of the molecule is CCNCC1(CN2CCOC(C)C2)CCCCCC1. The molecule has 1 unspecified atom stereocenters. The van der Waals surface area contributed by atoms with Gasteiger partial charge < -0.3 is 10.1 Å². The van der Waals surface area contributed by atoms with E-state index in [1.54, 1.807) is 0 Å². The van der Waals surface area contributed by atoms with Crippen LogP contribution in [0.1, 0.15) is 52.4 Å². The molecule has 0 bridgehead atoms. The lowest BCUT2D eigenvalue weighted by Crippen LogP contribution is -2.49. The van der Waals surface area contributed by atoms with Crippen molar-refractivity contribution in [3.05, 3.63) is 0 Å². The van der Waals surface area contributed by atoms with Crippen molar-refractivity contribution in [3.8, 4) is 0 Å². The first-order chi connectivity index (χ1) is 9.24. The number of morpholine rings is 1. The van der Waals surface area contributed by atoms with Gasteiger partial charge in [0.15, 0.2) is 0 Å². The Hall–Kier alpha value is -0.120. The Morgan fingerprint density at radius 1 is 1.21 bits per heavy atom. The first kappa shape index (κ1) is 15.3. The second-order valence-corrected chi connectivity index (χ2v) is 6.61. The number of nitrogens with zero attached hydrogens (tertiary/aromatic N) is 1. The van der Waals surface area contributed by atoms with Crippen LogP contribution in [0.2, 0.25) is 0 Å². The molecule has 112 valence electrons. The van der Waals surface area contributed by atoms with E-state index in [4.69, 9.17) is 4.74 Å². The summed E-state index contributed by atoms with van der Waals surface area (Å²) in [5.74, 6) is 0. The van der Waals surface area contributed by atoms with Gasteiger partial charge in [0.25, 0.3) is 0 Å². The minimum Gasteiger partial charge on any atom is -0.376 e. The highest BCUT2D eigenvalue weighted by molar-refractivity contribution is 4.88. The minimum absolute atomic E-state index is 0.413. The van der Waals surface area contributed by atoms with Crippen molar-refractivity contribution in [1.82, 2.24) is 10.2 Å². The van der Waals surface area contributed by atoms with Crippen LogP contribution >= 0.6 is 0 Å². The molecule has 1 aliphatic carbocycles. The molecule has 2 aliphatic rings. The topological polar surface area (TPSA) is 24.5 Å². The molecule has 19 heavy (non-hydrogen) atoms. The summed E-state index contributed by atoms with van der Waals surface area (Å²) in [6.45, 7) is 11.2. The number of hydrogen-bond acceptors (Lipinski definition) is 3. The van der Waals surface area contributed by atoms with Gasteiger partial charge in [-0.2, -0.15) is 0 Å². The Kier molecular flexibility index (Phi) is 6.11. The molecule has 1 atom stereocenters. The zero-order valence-corrected chi connectivity index (χ0v) is 12.9. The van der Waals surface area contributed by atoms with Crippen molar-refractivity contribution in [3.63, 3.8) is 0 Å². The smallest absolute Gasteiger partial charge is 0.0674 e. The van der Waals surface area contributed by atoms with Gasteiger partial charge in [-0.25, -0.2) is 0 Å². The van der Waals surface area contributed by atoms with Crippen LogP contribution in [0.4, 0.5) is 0 Å². The molecule has 2 fully saturated rings. The second kappa shape index (κ2) is 7.61. The van der Waals surface area contributed by atoms with Crippen molar-refractivity contribution in [2.45, 2.75) is 58.5 Å². The van der Waals surface area contributed by atoms with Crippen molar-refractivity contribution >= 4 is 0 Å². The van der Waals surface area contributed by atoms with E-state index >= 15 is 0 Å². The molecule has 1 saturated heterocycles. The van der Waals surface area contributed by atoms with E-state index in [2.05, 4.69) is 24.1 Å². The number of hydrogen-bond donors (Lipinski definition) is 1. The van der Waals surface area contributed by atoms with E-state index in [9.17, 15) is 0 Å². The van der Waals surface area contributed by atoms with E-state index < -0.39 is 0 Å². The Bertz CT molecular complexity index is 249. The summed E-state index contributed by atoms with van der Waals surface area (Å²) in [6.07, 6.45) is 8.95. The quantitative estimate of drug-likeness (QED) is 0.776.